The van der Waals surface area contributed by atoms with E-state index >= 15 is 0 Å². The van der Waals surface area contributed by atoms with Crippen molar-refractivity contribution in [2.24, 2.45) is 5.92 Å². The molecule has 0 heterocycles. The van der Waals surface area contributed by atoms with Gasteiger partial charge in [-0.2, -0.15) is 0 Å². The van der Waals surface area contributed by atoms with Gasteiger partial charge in [-0.1, -0.05) is 13.8 Å². The van der Waals surface area contributed by atoms with E-state index in [0.29, 0.717) is 0 Å². The minimum absolute atomic E-state index is 0.00887. The van der Waals surface area contributed by atoms with E-state index in [-0.39, 0.29) is 35.1 Å². The summed E-state index contributed by atoms with van der Waals surface area (Å²) in [4.78, 5) is 48.1. The second-order valence-corrected chi connectivity index (χ2v) is 6.35. The zero-order valence-electron chi connectivity index (χ0n) is 14.6. The largest absolute Gasteiger partial charge is 0.507 e. The summed E-state index contributed by atoms with van der Waals surface area (Å²) in [6, 6.07) is 1.46. The maximum absolute atomic E-state index is 12.8. The number of nitrogens with one attached hydrogen (secondary N) is 2. The molecule has 1 atom stereocenters. The molecule has 138 valence electrons. The lowest BCUT2D eigenvalue weighted by molar-refractivity contribution is -0.125. The maximum Gasteiger partial charge on any atom is 0.239 e. The molecule has 1 unspecified atom stereocenters. The van der Waals surface area contributed by atoms with Crippen LogP contribution in [0.25, 0.3) is 0 Å². The normalized spacial score (nSPS) is 14.5. The molecule has 0 spiro atoms. The van der Waals surface area contributed by atoms with Gasteiger partial charge in [-0.05, 0) is 24.1 Å². The number of amides is 2. The van der Waals surface area contributed by atoms with Crippen molar-refractivity contribution >= 4 is 23.4 Å². The fourth-order valence-electron chi connectivity index (χ4n) is 2.75. The van der Waals surface area contributed by atoms with Crippen molar-refractivity contribution in [1.82, 2.24) is 10.6 Å². The first-order valence-electron chi connectivity index (χ1n) is 8.02. The summed E-state index contributed by atoms with van der Waals surface area (Å²) in [6.45, 7) is 4.50. The van der Waals surface area contributed by atoms with Gasteiger partial charge < -0.3 is 20.8 Å². The summed E-state index contributed by atoms with van der Waals surface area (Å²) in [5.74, 6) is -3.25. The molecule has 1 aromatic rings. The van der Waals surface area contributed by atoms with Crippen molar-refractivity contribution in [2.75, 3.05) is 6.54 Å². The third-order valence-electron chi connectivity index (χ3n) is 4.00. The molecule has 2 amide bonds. The van der Waals surface area contributed by atoms with Crippen molar-refractivity contribution in [2.45, 2.75) is 26.8 Å². The summed E-state index contributed by atoms with van der Waals surface area (Å²) in [5, 5.41) is 24.8. The van der Waals surface area contributed by atoms with Crippen LogP contribution < -0.4 is 10.6 Å². The Kier molecular flexibility index (Phi) is 5.44. The molecule has 8 nitrogen and oxygen atoms in total. The first-order chi connectivity index (χ1) is 12.1. The first-order valence-corrected chi connectivity index (χ1v) is 8.02. The number of rotatable bonds is 5. The van der Waals surface area contributed by atoms with Crippen molar-refractivity contribution in [3.8, 4) is 11.5 Å². The fraction of sp³-hybridized carbons (Fsp3) is 0.333. The van der Waals surface area contributed by atoms with Crippen molar-refractivity contribution < 1.29 is 29.4 Å². The van der Waals surface area contributed by atoms with Gasteiger partial charge in [0, 0.05) is 12.5 Å². The molecule has 0 aromatic heterocycles. The minimum Gasteiger partial charge on any atom is -0.507 e. The van der Waals surface area contributed by atoms with Crippen LogP contribution >= 0.6 is 0 Å². The van der Waals surface area contributed by atoms with E-state index in [1.165, 1.54) is 6.92 Å². The van der Waals surface area contributed by atoms with Gasteiger partial charge in [0.1, 0.15) is 11.5 Å². The van der Waals surface area contributed by atoms with E-state index in [4.69, 9.17) is 0 Å². The van der Waals surface area contributed by atoms with Crippen LogP contribution in [0.5, 0.6) is 11.5 Å². The summed E-state index contributed by atoms with van der Waals surface area (Å²) < 4.78 is 0. The Morgan fingerprint density at radius 2 is 1.65 bits per heavy atom. The van der Waals surface area contributed by atoms with E-state index in [0.717, 1.165) is 18.2 Å². The Morgan fingerprint density at radius 1 is 1.08 bits per heavy atom. The van der Waals surface area contributed by atoms with Gasteiger partial charge in [-0.25, -0.2) is 0 Å². The summed E-state index contributed by atoms with van der Waals surface area (Å²) >= 11 is 0. The summed E-state index contributed by atoms with van der Waals surface area (Å²) in [7, 11) is 0. The van der Waals surface area contributed by atoms with Crippen LogP contribution in [0.1, 0.15) is 41.5 Å². The SMILES string of the molecule is CC(=O)NCC(=O)NC(C1=CC(=O)c2c(O)ccc(O)c2C1=O)C(C)C. The number of ketones is 2. The lowest BCUT2D eigenvalue weighted by atomic mass is 9.82. The molecule has 0 saturated heterocycles. The van der Waals surface area contributed by atoms with E-state index in [1.807, 2.05) is 0 Å². The number of carbonyl (C=O) groups excluding carboxylic acids is 4. The molecule has 0 fully saturated rings. The molecule has 1 aliphatic rings. The molecule has 0 radical (unpaired) electrons. The topological polar surface area (TPSA) is 133 Å². The van der Waals surface area contributed by atoms with E-state index < -0.39 is 35.0 Å². The van der Waals surface area contributed by atoms with Gasteiger partial charge >= 0.3 is 0 Å². The Balaban J connectivity index is 2.37. The van der Waals surface area contributed by atoms with Crippen molar-refractivity contribution in [3.05, 3.63) is 34.9 Å². The minimum atomic E-state index is -0.803. The predicted octanol–water partition coefficient (Wildman–Crippen LogP) is 0.680. The second-order valence-electron chi connectivity index (χ2n) is 6.35. The number of hydrogen-bond acceptors (Lipinski definition) is 6. The number of fused-ring (bicyclic) bond motifs is 1. The number of phenols is 2. The van der Waals surface area contributed by atoms with Crippen LogP contribution in [0.4, 0.5) is 0 Å². The smallest absolute Gasteiger partial charge is 0.239 e. The van der Waals surface area contributed by atoms with Crippen LogP contribution in [0.2, 0.25) is 0 Å². The molecule has 26 heavy (non-hydrogen) atoms. The Hall–Kier alpha value is -3.16. The number of phenolic OH excluding ortho intramolecular Hbond substituents is 2. The molecule has 0 bridgehead atoms. The molecular weight excluding hydrogens is 340 g/mol. The molecule has 2 rings (SSSR count). The van der Waals surface area contributed by atoms with Crippen molar-refractivity contribution in [1.29, 1.82) is 0 Å². The van der Waals surface area contributed by atoms with Crippen molar-refractivity contribution in [3.63, 3.8) is 0 Å². The van der Waals surface area contributed by atoms with Gasteiger partial charge in [-0.15, -0.1) is 0 Å². The molecule has 0 aliphatic heterocycles. The molecule has 1 aliphatic carbocycles. The number of allylic oxidation sites excluding steroid dienone is 1. The molecule has 4 N–H and O–H groups in total. The number of Topliss-reactive ketones (excluding diaryl/α,β-unsaturated/α-hetero) is 1. The number of aromatic hydroxyl groups is 2. The zero-order chi connectivity index (χ0) is 19.6. The monoisotopic (exact) mass is 360 g/mol. The lowest BCUT2D eigenvalue weighted by Gasteiger charge is -2.27. The van der Waals surface area contributed by atoms with Crippen LogP contribution in [-0.2, 0) is 9.59 Å². The Morgan fingerprint density at radius 3 is 2.19 bits per heavy atom. The third kappa shape index (κ3) is 3.74. The zero-order valence-corrected chi connectivity index (χ0v) is 14.6. The predicted molar refractivity (Wildman–Crippen MR) is 92.0 cm³/mol. The Labute approximate surface area is 149 Å². The molecule has 0 saturated carbocycles. The number of hydrogen-bond donors (Lipinski definition) is 4. The molecular formula is C18H20N2O6. The average molecular weight is 360 g/mol. The van der Waals surface area contributed by atoms with Crippen LogP contribution in [-0.4, -0.2) is 46.2 Å². The summed E-state index contributed by atoms with van der Waals surface area (Å²) in [5.41, 5.74) is -0.533. The number of carbonyl (C=O) groups is 4. The average Bonchev–Trinajstić information content (AvgIpc) is 2.56. The van der Waals surface area contributed by atoms with Gasteiger partial charge in [0.05, 0.1) is 23.7 Å². The standard InChI is InChI=1S/C18H20N2O6/c1-8(2)17(20-14(25)7-19-9(3)21)10-6-13(24)15-11(22)4-5-12(23)16(15)18(10)26/h4-6,8,17,22-23H,7H2,1-3H3,(H,19,21)(H,20,25). The molecule has 1 aromatic carbocycles. The van der Waals surface area contributed by atoms with Crippen LogP contribution in [0.3, 0.4) is 0 Å². The third-order valence-corrected chi connectivity index (χ3v) is 4.00. The van der Waals surface area contributed by atoms with Gasteiger partial charge in [0.25, 0.3) is 0 Å². The van der Waals surface area contributed by atoms with Crippen LogP contribution in [0.15, 0.2) is 23.8 Å². The van der Waals surface area contributed by atoms with E-state index in [1.54, 1.807) is 13.8 Å². The van der Waals surface area contributed by atoms with E-state index in [2.05, 4.69) is 10.6 Å². The highest BCUT2D eigenvalue weighted by Gasteiger charge is 2.36. The number of benzene rings is 1. The van der Waals surface area contributed by atoms with Gasteiger partial charge in [0.2, 0.25) is 11.8 Å². The first kappa shape index (κ1) is 19.2. The highest BCUT2D eigenvalue weighted by atomic mass is 16.3. The van der Waals surface area contributed by atoms with Gasteiger partial charge in [-0.3, -0.25) is 19.2 Å². The second kappa shape index (κ2) is 7.38. The van der Waals surface area contributed by atoms with Crippen LogP contribution in [0, 0.1) is 5.92 Å². The quantitative estimate of drug-likeness (QED) is 0.571. The van der Waals surface area contributed by atoms with Gasteiger partial charge in [0.15, 0.2) is 11.6 Å². The highest BCUT2D eigenvalue weighted by Crippen LogP contribution is 2.36. The maximum atomic E-state index is 12.8. The highest BCUT2D eigenvalue weighted by molar-refractivity contribution is 6.27. The fourth-order valence-corrected chi connectivity index (χ4v) is 2.75. The summed E-state index contributed by atoms with van der Waals surface area (Å²) in [6.07, 6.45) is 1.06. The molecule has 8 heteroatoms. The Bertz CT molecular complexity index is 825. The van der Waals surface area contributed by atoms with E-state index in [9.17, 15) is 29.4 Å². The lowest BCUT2D eigenvalue weighted by Crippen LogP contribution is -2.46.